The minimum absolute atomic E-state index is 0.0457. The zero-order valence-electron chi connectivity index (χ0n) is 19.1. The minimum Gasteiger partial charge on any atom is -0.478 e. The van der Waals surface area contributed by atoms with E-state index < -0.39 is 16.0 Å². The van der Waals surface area contributed by atoms with Crippen LogP contribution < -0.4 is 9.62 Å². The van der Waals surface area contributed by atoms with Crippen molar-refractivity contribution < 1.29 is 18.3 Å². The second-order valence-electron chi connectivity index (χ2n) is 8.29. The molecule has 2 N–H and O–H groups in total. The molecule has 1 saturated heterocycles. The van der Waals surface area contributed by atoms with Crippen molar-refractivity contribution in [3.05, 3.63) is 95.6 Å². The second kappa shape index (κ2) is 10.3. The lowest BCUT2D eigenvalue weighted by Crippen LogP contribution is -2.48. The van der Waals surface area contributed by atoms with E-state index in [1.165, 1.54) is 23.3 Å². The first-order chi connectivity index (χ1) is 16.4. The first-order valence-electron chi connectivity index (χ1n) is 11.3. The van der Waals surface area contributed by atoms with Gasteiger partial charge in [0.2, 0.25) is 10.0 Å². The summed E-state index contributed by atoms with van der Waals surface area (Å²) < 4.78 is 27.1. The summed E-state index contributed by atoms with van der Waals surface area (Å²) in [5.74, 6) is -1.19. The molecule has 1 heterocycles. The normalized spacial score (nSPS) is 14.8. The van der Waals surface area contributed by atoms with Crippen LogP contribution in [0.5, 0.6) is 0 Å². The molecular formula is C26H29N3O4S. The standard InChI is InChI=1S/C26H29N3O4S/c1-2-34(32,33)27-23-19-22(26(30)31)13-14-24(23)28-15-17-29(18-16-28)25(20-9-5-3-6-10-20)21-11-7-4-8-12-21/h3-14,19,25,27H,2,15-18H2,1H3,(H,30,31). The Labute approximate surface area is 200 Å². The quantitative estimate of drug-likeness (QED) is 0.507. The summed E-state index contributed by atoms with van der Waals surface area (Å²) in [6.07, 6.45) is 0. The molecule has 1 aliphatic heterocycles. The molecule has 0 bridgehead atoms. The minimum atomic E-state index is -3.55. The van der Waals surface area contributed by atoms with E-state index in [0.717, 1.165) is 13.1 Å². The second-order valence-corrected chi connectivity index (χ2v) is 10.3. The highest BCUT2D eigenvalue weighted by Gasteiger charge is 2.28. The number of rotatable bonds is 8. The fourth-order valence-corrected chi connectivity index (χ4v) is 5.01. The molecule has 0 aliphatic carbocycles. The number of nitrogens with zero attached hydrogens (tertiary/aromatic N) is 2. The molecule has 3 aromatic carbocycles. The molecule has 0 atom stereocenters. The maximum Gasteiger partial charge on any atom is 0.335 e. The summed E-state index contributed by atoms with van der Waals surface area (Å²) in [4.78, 5) is 16.0. The van der Waals surface area contributed by atoms with Gasteiger partial charge in [0.25, 0.3) is 0 Å². The summed E-state index contributed by atoms with van der Waals surface area (Å²) >= 11 is 0. The Hall–Kier alpha value is -3.36. The zero-order chi connectivity index (χ0) is 24.1. The largest absolute Gasteiger partial charge is 0.478 e. The van der Waals surface area contributed by atoms with Gasteiger partial charge in [0.05, 0.1) is 28.7 Å². The van der Waals surface area contributed by atoms with Crippen molar-refractivity contribution in [2.24, 2.45) is 0 Å². The van der Waals surface area contributed by atoms with Crippen molar-refractivity contribution in [2.75, 3.05) is 41.6 Å². The summed E-state index contributed by atoms with van der Waals surface area (Å²) in [6, 6.07) is 25.6. The molecule has 3 aromatic rings. The predicted molar refractivity (Wildman–Crippen MR) is 135 cm³/mol. The van der Waals surface area contributed by atoms with Crippen molar-refractivity contribution in [3.8, 4) is 0 Å². The molecule has 0 saturated carbocycles. The van der Waals surface area contributed by atoms with Gasteiger partial charge in [0, 0.05) is 26.2 Å². The van der Waals surface area contributed by atoms with E-state index in [2.05, 4.69) is 63.1 Å². The number of hydrogen-bond donors (Lipinski definition) is 2. The molecule has 0 unspecified atom stereocenters. The number of nitrogens with one attached hydrogen (secondary N) is 1. The summed E-state index contributed by atoms with van der Waals surface area (Å²) in [5, 5.41) is 9.38. The molecule has 178 valence electrons. The summed E-state index contributed by atoms with van der Waals surface area (Å²) in [5.41, 5.74) is 3.49. The Bertz CT molecular complexity index is 1190. The number of hydrogen-bond acceptors (Lipinski definition) is 5. The maximum atomic E-state index is 12.3. The van der Waals surface area contributed by atoms with Gasteiger partial charge in [-0.15, -0.1) is 0 Å². The lowest BCUT2D eigenvalue weighted by molar-refractivity contribution is 0.0697. The Morgan fingerprint density at radius 2 is 1.47 bits per heavy atom. The molecule has 0 radical (unpaired) electrons. The number of sulfonamides is 1. The van der Waals surface area contributed by atoms with Crippen LogP contribution in [0, 0.1) is 0 Å². The third-order valence-corrected chi connectivity index (χ3v) is 7.43. The van der Waals surface area contributed by atoms with E-state index in [0.29, 0.717) is 24.5 Å². The third kappa shape index (κ3) is 5.40. The number of aromatic carboxylic acids is 1. The molecule has 34 heavy (non-hydrogen) atoms. The monoisotopic (exact) mass is 479 g/mol. The molecular weight excluding hydrogens is 450 g/mol. The van der Waals surface area contributed by atoms with Crippen LogP contribution in [0.15, 0.2) is 78.9 Å². The highest BCUT2D eigenvalue weighted by Crippen LogP contribution is 2.33. The average Bonchev–Trinajstić information content (AvgIpc) is 2.86. The van der Waals surface area contributed by atoms with Gasteiger partial charge in [-0.3, -0.25) is 9.62 Å². The summed E-state index contributed by atoms with van der Waals surface area (Å²) in [6.45, 7) is 4.46. The lowest BCUT2D eigenvalue weighted by atomic mass is 9.96. The van der Waals surface area contributed by atoms with Gasteiger partial charge >= 0.3 is 5.97 Å². The molecule has 0 aromatic heterocycles. The van der Waals surface area contributed by atoms with Gasteiger partial charge < -0.3 is 10.0 Å². The first-order valence-corrected chi connectivity index (χ1v) is 13.0. The molecule has 7 nitrogen and oxygen atoms in total. The van der Waals surface area contributed by atoms with Gasteiger partial charge in [-0.25, -0.2) is 13.2 Å². The van der Waals surface area contributed by atoms with E-state index in [1.54, 1.807) is 13.0 Å². The van der Waals surface area contributed by atoms with Crippen molar-refractivity contribution in [3.63, 3.8) is 0 Å². The van der Waals surface area contributed by atoms with Crippen LogP contribution in [0.25, 0.3) is 0 Å². The highest BCUT2D eigenvalue weighted by atomic mass is 32.2. The topological polar surface area (TPSA) is 89.9 Å². The molecule has 1 fully saturated rings. The number of carboxylic acids is 1. The van der Waals surface area contributed by atoms with Crippen LogP contribution in [-0.4, -0.2) is 56.3 Å². The number of carboxylic acid groups (broad SMARTS) is 1. The molecule has 8 heteroatoms. The number of benzene rings is 3. The highest BCUT2D eigenvalue weighted by molar-refractivity contribution is 7.92. The van der Waals surface area contributed by atoms with Crippen molar-refractivity contribution in [1.29, 1.82) is 0 Å². The fraction of sp³-hybridized carbons (Fsp3) is 0.269. The SMILES string of the molecule is CCS(=O)(=O)Nc1cc(C(=O)O)ccc1N1CCN(C(c2ccccc2)c2ccccc2)CC1. The van der Waals surface area contributed by atoms with Crippen LogP contribution in [0.2, 0.25) is 0 Å². The van der Waals surface area contributed by atoms with E-state index >= 15 is 0 Å². The number of piperazine rings is 1. The van der Waals surface area contributed by atoms with Crippen LogP contribution in [0.1, 0.15) is 34.5 Å². The Kier molecular flexibility index (Phi) is 7.19. The third-order valence-electron chi connectivity index (χ3n) is 6.14. The van der Waals surface area contributed by atoms with Gasteiger partial charge in [0.1, 0.15) is 0 Å². The predicted octanol–water partition coefficient (Wildman–Crippen LogP) is 4.06. The van der Waals surface area contributed by atoms with Crippen molar-refractivity contribution >= 4 is 27.4 Å². The molecule has 4 rings (SSSR count). The summed E-state index contributed by atoms with van der Waals surface area (Å²) in [7, 11) is -3.55. The van der Waals surface area contributed by atoms with Crippen LogP contribution in [0.4, 0.5) is 11.4 Å². The van der Waals surface area contributed by atoms with Crippen LogP contribution in [-0.2, 0) is 10.0 Å². The van der Waals surface area contributed by atoms with E-state index in [4.69, 9.17) is 0 Å². The van der Waals surface area contributed by atoms with Crippen molar-refractivity contribution in [1.82, 2.24) is 4.90 Å². The Morgan fingerprint density at radius 3 is 1.97 bits per heavy atom. The Balaban J connectivity index is 1.59. The molecule has 1 aliphatic rings. The van der Waals surface area contributed by atoms with E-state index in [9.17, 15) is 18.3 Å². The van der Waals surface area contributed by atoms with Crippen LogP contribution >= 0.6 is 0 Å². The fourth-order valence-electron chi connectivity index (χ4n) is 4.37. The maximum absolute atomic E-state index is 12.3. The van der Waals surface area contributed by atoms with Gasteiger partial charge in [-0.05, 0) is 36.2 Å². The number of anilines is 2. The van der Waals surface area contributed by atoms with E-state index in [1.807, 2.05) is 12.1 Å². The molecule has 0 amide bonds. The Morgan fingerprint density at radius 1 is 0.912 bits per heavy atom. The lowest BCUT2D eigenvalue weighted by Gasteiger charge is -2.41. The van der Waals surface area contributed by atoms with Crippen molar-refractivity contribution in [2.45, 2.75) is 13.0 Å². The van der Waals surface area contributed by atoms with Crippen LogP contribution in [0.3, 0.4) is 0 Å². The van der Waals surface area contributed by atoms with E-state index in [-0.39, 0.29) is 17.4 Å². The zero-order valence-corrected chi connectivity index (χ0v) is 19.9. The smallest absolute Gasteiger partial charge is 0.335 e. The molecule has 0 spiro atoms. The average molecular weight is 480 g/mol. The van der Waals surface area contributed by atoms with Gasteiger partial charge in [-0.1, -0.05) is 60.7 Å². The van der Waals surface area contributed by atoms with Gasteiger partial charge in [0.15, 0.2) is 0 Å². The van der Waals surface area contributed by atoms with Gasteiger partial charge in [-0.2, -0.15) is 0 Å². The number of carbonyl (C=O) groups is 1. The first kappa shape index (κ1) is 23.8.